The summed E-state index contributed by atoms with van der Waals surface area (Å²) in [5.41, 5.74) is 1.07. The van der Waals surface area contributed by atoms with Gasteiger partial charge in [0.1, 0.15) is 6.10 Å². The van der Waals surface area contributed by atoms with Crippen molar-refractivity contribution in [2.75, 3.05) is 0 Å². The topological polar surface area (TPSA) is 26.3 Å². The van der Waals surface area contributed by atoms with Gasteiger partial charge in [0, 0.05) is 6.92 Å². The molecular formula is C12H16O2. The first kappa shape index (κ1) is 10.8. The highest BCUT2D eigenvalue weighted by molar-refractivity contribution is 5.66. The van der Waals surface area contributed by atoms with Gasteiger partial charge in [0.05, 0.1) is 0 Å². The lowest BCUT2D eigenvalue weighted by Gasteiger charge is -2.16. The monoisotopic (exact) mass is 192 g/mol. The molecule has 76 valence electrons. The van der Waals surface area contributed by atoms with Gasteiger partial charge in [-0.2, -0.15) is 0 Å². The van der Waals surface area contributed by atoms with Crippen LogP contribution in [0.1, 0.15) is 38.4 Å². The van der Waals surface area contributed by atoms with Crippen molar-refractivity contribution in [3.63, 3.8) is 0 Å². The summed E-state index contributed by atoms with van der Waals surface area (Å²) < 4.78 is 5.24. The number of esters is 1. The second kappa shape index (κ2) is 5.43. The van der Waals surface area contributed by atoms with Gasteiger partial charge in [0.2, 0.25) is 0 Å². The Morgan fingerprint density at radius 1 is 1.36 bits per heavy atom. The second-order valence-corrected chi connectivity index (χ2v) is 3.30. The average molecular weight is 192 g/mol. The first-order chi connectivity index (χ1) is 6.74. The van der Waals surface area contributed by atoms with Crippen LogP contribution in [0.25, 0.3) is 0 Å². The molecule has 0 amide bonds. The van der Waals surface area contributed by atoms with Gasteiger partial charge >= 0.3 is 5.97 Å². The highest BCUT2D eigenvalue weighted by Gasteiger charge is 2.12. The van der Waals surface area contributed by atoms with Crippen molar-refractivity contribution in [3.05, 3.63) is 35.9 Å². The molecule has 0 saturated heterocycles. The van der Waals surface area contributed by atoms with Gasteiger partial charge in [-0.25, -0.2) is 0 Å². The zero-order valence-corrected chi connectivity index (χ0v) is 8.69. The summed E-state index contributed by atoms with van der Waals surface area (Å²) in [4.78, 5) is 10.9. The summed E-state index contributed by atoms with van der Waals surface area (Å²) in [5, 5.41) is 0. The largest absolute Gasteiger partial charge is 0.458 e. The first-order valence-electron chi connectivity index (χ1n) is 4.96. The van der Waals surface area contributed by atoms with Gasteiger partial charge in [0.25, 0.3) is 0 Å². The quantitative estimate of drug-likeness (QED) is 0.685. The molecule has 0 aromatic heterocycles. The van der Waals surface area contributed by atoms with Crippen molar-refractivity contribution in [1.82, 2.24) is 0 Å². The molecular weight excluding hydrogens is 176 g/mol. The van der Waals surface area contributed by atoms with Crippen LogP contribution in [0.15, 0.2) is 30.3 Å². The Hall–Kier alpha value is -1.31. The summed E-state index contributed by atoms with van der Waals surface area (Å²) in [7, 11) is 0. The molecule has 0 bridgehead atoms. The van der Waals surface area contributed by atoms with Crippen LogP contribution in [0.4, 0.5) is 0 Å². The zero-order valence-electron chi connectivity index (χ0n) is 8.69. The lowest BCUT2D eigenvalue weighted by molar-refractivity contribution is -0.147. The van der Waals surface area contributed by atoms with Gasteiger partial charge in [-0.3, -0.25) is 4.79 Å². The maximum Gasteiger partial charge on any atom is 0.303 e. The van der Waals surface area contributed by atoms with Crippen LogP contribution in [0, 0.1) is 0 Å². The average Bonchev–Trinajstić information content (AvgIpc) is 2.18. The van der Waals surface area contributed by atoms with Crippen LogP contribution < -0.4 is 0 Å². The number of rotatable bonds is 4. The van der Waals surface area contributed by atoms with Crippen molar-refractivity contribution in [3.8, 4) is 0 Å². The van der Waals surface area contributed by atoms with E-state index in [1.54, 1.807) is 0 Å². The van der Waals surface area contributed by atoms with Crippen LogP contribution in [0.2, 0.25) is 0 Å². The number of carbonyl (C=O) groups is 1. The third-order valence-corrected chi connectivity index (χ3v) is 2.03. The molecule has 0 aliphatic heterocycles. The predicted molar refractivity (Wildman–Crippen MR) is 55.9 cm³/mol. The van der Waals surface area contributed by atoms with E-state index in [1.165, 1.54) is 6.92 Å². The molecule has 14 heavy (non-hydrogen) atoms. The maximum atomic E-state index is 10.9. The van der Waals surface area contributed by atoms with E-state index in [0.29, 0.717) is 0 Å². The minimum atomic E-state index is -0.215. The van der Waals surface area contributed by atoms with E-state index >= 15 is 0 Å². The Kier molecular flexibility index (Phi) is 4.17. The van der Waals surface area contributed by atoms with Crippen molar-refractivity contribution >= 4 is 5.97 Å². The molecule has 0 fully saturated rings. The molecule has 0 spiro atoms. The molecule has 1 rings (SSSR count). The van der Waals surface area contributed by atoms with Crippen LogP contribution in [0.3, 0.4) is 0 Å². The van der Waals surface area contributed by atoms with Crippen LogP contribution in [-0.2, 0) is 9.53 Å². The fourth-order valence-electron chi connectivity index (χ4n) is 1.42. The molecule has 0 N–H and O–H groups in total. The van der Waals surface area contributed by atoms with E-state index in [9.17, 15) is 4.79 Å². The van der Waals surface area contributed by atoms with E-state index in [1.807, 2.05) is 30.3 Å². The van der Waals surface area contributed by atoms with Crippen molar-refractivity contribution in [1.29, 1.82) is 0 Å². The third-order valence-electron chi connectivity index (χ3n) is 2.03. The Morgan fingerprint density at radius 2 is 2.00 bits per heavy atom. The van der Waals surface area contributed by atoms with Crippen LogP contribution in [-0.4, -0.2) is 5.97 Å². The third kappa shape index (κ3) is 3.21. The highest BCUT2D eigenvalue weighted by Crippen LogP contribution is 2.22. The van der Waals surface area contributed by atoms with Crippen molar-refractivity contribution in [2.45, 2.75) is 32.8 Å². The minimum absolute atomic E-state index is 0.0845. The summed E-state index contributed by atoms with van der Waals surface area (Å²) >= 11 is 0. The van der Waals surface area contributed by atoms with E-state index in [4.69, 9.17) is 4.74 Å². The zero-order chi connectivity index (χ0) is 10.4. The lowest BCUT2D eigenvalue weighted by atomic mass is 10.1. The Balaban J connectivity index is 2.72. The molecule has 1 aromatic carbocycles. The maximum absolute atomic E-state index is 10.9. The van der Waals surface area contributed by atoms with Crippen molar-refractivity contribution < 1.29 is 9.53 Å². The number of hydrogen-bond acceptors (Lipinski definition) is 2. The number of ether oxygens (including phenoxy) is 1. The SMILES string of the molecule is CCCC(OC(C)=O)c1ccccc1. The molecule has 0 aliphatic rings. The Bertz CT molecular complexity index is 280. The smallest absolute Gasteiger partial charge is 0.303 e. The van der Waals surface area contributed by atoms with Crippen molar-refractivity contribution in [2.24, 2.45) is 0 Å². The van der Waals surface area contributed by atoms with Crippen LogP contribution in [0.5, 0.6) is 0 Å². The summed E-state index contributed by atoms with van der Waals surface area (Å²) in [6.45, 7) is 3.53. The normalized spacial score (nSPS) is 12.1. The van der Waals surface area contributed by atoms with E-state index in [0.717, 1.165) is 18.4 Å². The number of benzene rings is 1. The Morgan fingerprint density at radius 3 is 2.50 bits per heavy atom. The van der Waals surface area contributed by atoms with Gasteiger partial charge < -0.3 is 4.74 Å². The fourth-order valence-corrected chi connectivity index (χ4v) is 1.42. The summed E-state index contributed by atoms with van der Waals surface area (Å²) in [6, 6.07) is 9.86. The predicted octanol–water partition coefficient (Wildman–Crippen LogP) is 3.09. The molecule has 1 atom stereocenters. The van der Waals surface area contributed by atoms with E-state index in [2.05, 4.69) is 6.92 Å². The molecule has 2 heteroatoms. The molecule has 0 heterocycles. The Labute approximate surface area is 84.9 Å². The summed E-state index contributed by atoms with van der Waals surface area (Å²) in [5.74, 6) is -0.215. The molecule has 0 saturated carbocycles. The molecule has 2 nitrogen and oxygen atoms in total. The van der Waals surface area contributed by atoms with E-state index < -0.39 is 0 Å². The second-order valence-electron chi connectivity index (χ2n) is 3.30. The first-order valence-corrected chi connectivity index (χ1v) is 4.96. The molecule has 1 aromatic rings. The molecule has 0 radical (unpaired) electrons. The lowest BCUT2D eigenvalue weighted by Crippen LogP contribution is -2.08. The fraction of sp³-hybridized carbons (Fsp3) is 0.417. The summed E-state index contributed by atoms with van der Waals surface area (Å²) in [6.07, 6.45) is 1.80. The number of carbonyl (C=O) groups excluding carboxylic acids is 1. The van der Waals surface area contributed by atoms with Gasteiger partial charge in [-0.05, 0) is 12.0 Å². The van der Waals surface area contributed by atoms with Gasteiger partial charge in [0.15, 0.2) is 0 Å². The molecule has 1 unspecified atom stereocenters. The number of hydrogen-bond donors (Lipinski definition) is 0. The van der Waals surface area contributed by atoms with Gasteiger partial charge in [-0.1, -0.05) is 43.7 Å². The van der Waals surface area contributed by atoms with E-state index in [-0.39, 0.29) is 12.1 Å². The van der Waals surface area contributed by atoms with Gasteiger partial charge in [-0.15, -0.1) is 0 Å². The standard InChI is InChI=1S/C12H16O2/c1-3-7-12(14-10(2)13)11-8-5-4-6-9-11/h4-6,8-9,12H,3,7H2,1-2H3. The van der Waals surface area contributed by atoms with Crippen LogP contribution >= 0.6 is 0 Å². The molecule has 0 aliphatic carbocycles. The minimum Gasteiger partial charge on any atom is -0.458 e. The highest BCUT2D eigenvalue weighted by atomic mass is 16.5.